The Morgan fingerprint density at radius 1 is 1.24 bits per heavy atom. The zero-order valence-electron chi connectivity index (χ0n) is 17.5. The minimum Gasteiger partial charge on any atom is -0.493 e. The largest absolute Gasteiger partial charge is 0.493 e. The zero-order valence-corrected chi connectivity index (χ0v) is 17.5. The van der Waals surface area contributed by atoms with E-state index in [4.69, 9.17) is 9.47 Å². The van der Waals surface area contributed by atoms with Gasteiger partial charge in [0.05, 0.1) is 19.9 Å². The van der Waals surface area contributed by atoms with Crippen LogP contribution in [0, 0.1) is 28.5 Å². The first-order chi connectivity index (χ1) is 16.1. The van der Waals surface area contributed by atoms with E-state index in [1.54, 1.807) is 35.1 Å². The first-order valence-corrected chi connectivity index (χ1v) is 10.0. The number of nitrogens with one attached hydrogen (secondary N) is 1. The molecule has 1 aliphatic heterocycles. The molecule has 0 fully saturated rings. The molecule has 3 aromatic heterocycles. The number of halogens is 1. The SMILES string of the molecule is COc1ncc(-c2cnc(NCc3c(F)ccc4c3CCO4)n3cc(C#N)nc23)cc1C#N. The quantitative estimate of drug-likeness (QED) is 0.501. The topological polar surface area (TPSA) is 121 Å². The van der Waals surface area contributed by atoms with Gasteiger partial charge in [0.2, 0.25) is 11.8 Å². The number of fused-ring (bicyclic) bond motifs is 2. The molecule has 10 heteroatoms. The van der Waals surface area contributed by atoms with E-state index in [1.807, 2.05) is 6.07 Å². The number of imidazole rings is 1. The molecule has 4 aromatic rings. The third-order valence-corrected chi connectivity index (χ3v) is 5.45. The summed E-state index contributed by atoms with van der Waals surface area (Å²) in [6.07, 6.45) is 5.31. The predicted molar refractivity (Wildman–Crippen MR) is 115 cm³/mol. The van der Waals surface area contributed by atoms with Crippen molar-refractivity contribution in [2.24, 2.45) is 0 Å². The second-order valence-electron chi connectivity index (χ2n) is 7.27. The third kappa shape index (κ3) is 3.44. The second kappa shape index (κ2) is 8.09. The Morgan fingerprint density at radius 2 is 2.12 bits per heavy atom. The lowest BCUT2D eigenvalue weighted by atomic mass is 10.0. The molecule has 4 heterocycles. The highest BCUT2D eigenvalue weighted by Gasteiger charge is 2.20. The molecule has 1 aliphatic rings. The van der Waals surface area contributed by atoms with Crippen LogP contribution in [0.2, 0.25) is 0 Å². The minimum absolute atomic E-state index is 0.183. The number of hydrogen-bond donors (Lipinski definition) is 1. The first-order valence-electron chi connectivity index (χ1n) is 10.0. The number of nitriles is 2. The number of anilines is 1. The maximum absolute atomic E-state index is 14.5. The second-order valence-corrected chi connectivity index (χ2v) is 7.27. The lowest BCUT2D eigenvalue weighted by molar-refractivity contribution is 0.356. The number of hydrogen-bond acceptors (Lipinski definition) is 8. The van der Waals surface area contributed by atoms with E-state index in [0.717, 1.165) is 5.56 Å². The molecule has 0 bridgehead atoms. The number of aromatic nitrogens is 4. The van der Waals surface area contributed by atoms with Gasteiger partial charge >= 0.3 is 0 Å². The standard InChI is InChI=1S/C23H16FN7O2/c1-32-22-13(7-25)6-14(9-27-22)17-10-28-23(31-12-15(8-26)30-21(17)31)29-11-18-16-4-5-33-20(16)3-2-19(18)24/h2-3,6,9-10,12H,4-5,11H2,1H3,(H,28,29). The van der Waals surface area contributed by atoms with Gasteiger partial charge < -0.3 is 14.8 Å². The number of rotatable bonds is 5. The van der Waals surface area contributed by atoms with Crippen molar-refractivity contribution in [3.05, 3.63) is 65.0 Å². The van der Waals surface area contributed by atoms with Crippen LogP contribution >= 0.6 is 0 Å². The Labute approximate surface area is 187 Å². The molecule has 0 radical (unpaired) electrons. The smallest absolute Gasteiger partial charge is 0.231 e. The molecule has 0 spiro atoms. The van der Waals surface area contributed by atoms with Gasteiger partial charge in [-0.2, -0.15) is 10.5 Å². The van der Waals surface area contributed by atoms with Crippen molar-refractivity contribution in [2.45, 2.75) is 13.0 Å². The van der Waals surface area contributed by atoms with E-state index in [-0.39, 0.29) is 29.5 Å². The molecule has 0 saturated heterocycles. The van der Waals surface area contributed by atoms with E-state index in [2.05, 4.69) is 26.3 Å². The summed E-state index contributed by atoms with van der Waals surface area (Å²) in [5.41, 5.74) is 3.42. The summed E-state index contributed by atoms with van der Waals surface area (Å²) in [5.74, 6) is 0.972. The molecule has 0 amide bonds. The van der Waals surface area contributed by atoms with Crippen LogP contribution in [-0.2, 0) is 13.0 Å². The normalized spacial score (nSPS) is 12.0. The lowest BCUT2D eigenvalue weighted by Gasteiger charge is -2.13. The molecule has 1 N–H and O–H groups in total. The fourth-order valence-corrected chi connectivity index (χ4v) is 3.88. The molecule has 33 heavy (non-hydrogen) atoms. The Morgan fingerprint density at radius 3 is 2.91 bits per heavy atom. The Balaban J connectivity index is 1.55. The number of benzene rings is 1. The zero-order chi connectivity index (χ0) is 22.9. The Bertz CT molecular complexity index is 1480. The summed E-state index contributed by atoms with van der Waals surface area (Å²) in [5, 5.41) is 21.9. The van der Waals surface area contributed by atoms with Gasteiger partial charge in [-0.15, -0.1) is 0 Å². The highest BCUT2D eigenvalue weighted by Crippen LogP contribution is 2.31. The van der Waals surface area contributed by atoms with Crippen molar-refractivity contribution in [1.29, 1.82) is 10.5 Å². The molecule has 1 aromatic carbocycles. The van der Waals surface area contributed by atoms with Crippen molar-refractivity contribution >= 4 is 11.6 Å². The predicted octanol–water partition coefficient (Wildman–Crippen LogP) is 3.23. The van der Waals surface area contributed by atoms with E-state index >= 15 is 0 Å². The molecular formula is C23H16FN7O2. The molecular weight excluding hydrogens is 425 g/mol. The molecule has 0 atom stereocenters. The summed E-state index contributed by atoms with van der Waals surface area (Å²) in [6, 6.07) is 8.73. The van der Waals surface area contributed by atoms with Crippen molar-refractivity contribution in [1.82, 2.24) is 19.4 Å². The fraction of sp³-hybridized carbons (Fsp3) is 0.174. The van der Waals surface area contributed by atoms with Gasteiger partial charge in [-0.3, -0.25) is 4.40 Å². The highest BCUT2D eigenvalue weighted by atomic mass is 19.1. The van der Waals surface area contributed by atoms with Gasteiger partial charge in [-0.25, -0.2) is 19.3 Å². The van der Waals surface area contributed by atoms with Crippen molar-refractivity contribution < 1.29 is 13.9 Å². The van der Waals surface area contributed by atoms with Crippen molar-refractivity contribution in [3.8, 4) is 34.9 Å². The summed E-state index contributed by atoms with van der Waals surface area (Å²) < 4.78 is 26.8. The van der Waals surface area contributed by atoms with Gasteiger partial charge in [0.25, 0.3) is 0 Å². The van der Waals surface area contributed by atoms with E-state index in [9.17, 15) is 14.9 Å². The van der Waals surface area contributed by atoms with Crippen molar-refractivity contribution in [2.75, 3.05) is 19.0 Å². The lowest BCUT2D eigenvalue weighted by Crippen LogP contribution is -2.09. The van der Waals surface area contributed by atoms with Gasteiger partial charge in [-0.1, -0.05) is 0 Å². The van der Waals surface area contributed by atoms with Crippen LogP contribution in [0.5, 0.6) is 11.6 Å². The molecule has 9 nitrogen and oxygen atoms in total. The average molecular weight is 441 g/mol. The van der Waals surface area contributed by atoms with Gasteiger partial charge in [0, 0.05) is 47.6 Å². The minimum atomic E-state index is -0.323. The van der Waals surface area contributed by atoms with Gasteiger partial charge in [-0.05, 0) is 18.2 Å². The monoisotopic (exact) mass is 441 g/mol. The molecule has 0 aliphatic carbocycles. The number of nitrogens with zero attached hydrogens (tertiary/aromatic N) is 6. The number of pyridine rings is 1. The van der Waals surface area contributed by atoms with Crippen LogP contribution in [0.4, 0.5) is 10.3 Å². The van der Waals surface area contributed by atoms with E-state index < -0.39 is 0 Å². The van der Waals surface area contributed by atoms with Crippen molar-refractivity contribution in [3.63, 3.8) is 0 Å². The van der Waals surface area contributed by atoms with Crippen LogP contribution < -0.4 is 14.8 Å². The Kier molecular flexibility index (Phi) is 4.96. The summed E-state index contributed by atoms with van der Waals surface area (Å²) in [6.45, 7) is 0.708. The number of methoxy groups -OCH3 is 1. The van der Waals surface area contributed by atoms with E-state index in [0.29, 0.717) is 47.1 Å². The van der Waals surface area contributed by atoms with E-state index in [1.165, 1.54) is 13.2 Å². The highest BCUT2D eigenvalue weighted by molar-refractivity contribution is 5.79. The molecule has 162 valence electrons. The average Bonchev–Trinajstić information content (AvgIpc) is 3.50. The first kappa shape index (κ1) is 20.2. The maximum Gasteiger partial charge on any atom is 0.231 e. The summed E-state index contributed by atoms with van der Waals surface area (Å²) >= 11 is 0. The number of ether oxygens (including phenoxy) is 2. The van der Waals surface area contributed by atoms with Gasteiger partial charge in [0.15, 0.2) is 11.3 Å². The van der Waals surface area contributed by atoms with Crippen LogP contribution in [0.25, 0.3) is 16.8 Å². The summed E-state index contributed by atoms with van der Waals surface area (Å²) in [7, 11) is 1.44. The third-order valence-electron chi connectivity index (χ3n) is 5.45. The van der Waals surface area contributed by atoms with Crippen LogP contribution in [0.1, 0.15) is 22.4 Å². The maximum atomic E-state index is 14.5. The summed E-state index contributed by atoms with van der Waals surface area (Å²) in [4.78, 5) is 13.0. The van der Waals surface area contributed by atoms with Gasteiger partial charge in [0.1, 0.15) is 29.3 Å². The Hall–Kier alpha value is -4.70. The molecule has 0 saturated carbocycles. The van der Waals surface area contributed by atoms with Crippen LogP contribution in [0.3, 0.4) is 0 Å². The van der Waals surface area contributed by atoms with Crippen LogP contribution in [-0.4, -0.2) is 33.1 Å². The fourth-order valence-electron chi connectivity index (χ4n) is 3.88. The van der Waals surface area contributed by atoms with Crippen LogP contribution in [0.15, 0.2) is 36.8 Å². The molecule has 5 rings (SSSR count). The molecule has 0 unspecified atom stereocenters.